The Hall–Kier alpha value is -2.32. The summed E-state index contributed by atoms with van der Waals surface area (Å²) in [6, 6.07) is 4.59. The summed E-state index contributed by atoms with van der Waals surface area (Å²) < 4.78 is 21.0. The molecule has 0 unspecified atom stereocenters. The maximum Gasteiger partial charge on any atom is 0.335 e. The smallest absolute Gasteiger partial charge is 0.335 e. The molecule has 24 heavy (non-hydrogen) atoms. The van der Waals surface area contributed by atoms with Crippen molar-refractivity contribution in [1.29, 1.82) is 0 Å². The van der Waals surface area contributed by atoms with Gasteiger partial charge in [-0.2, -0.15) is 0 Å². The average Bonchev–Trinajstić information content (AvgIpc) is 2.96. The van der Waals surface area contributed by atoms with Crippen molar-refractivity contribution in [3.8, 4) is 11.5 Å². The van der Waals surface area contributed by atoms with E-state index in [1.165, 1.54) is 13.0 Å². The zero-order valence-electron chi connectivity index (χ0n) is 13.7. The summed E-state index contributed by atoms with van der Waals surface area (Å²) in [6.45, 7) is 3.09. The predicted molar refractivity (Wildman–Crippen MR) is 84.8 cm³/mol. The lowest BCUT2D eigenvalue weighted by Crippen LogP contribution is -2.34. The Morgan fingerprint density at radius 1 is 1.33 bits per heavy atom. The van der Waals surface area contributed by atoms with Crippen LogP contribution in [0, 0.1) is 0 Å². The van der Waals surface area contributed by atoms with Crippen LogP contribution in [0.25, 0.3) is 0 Å². The molecule has 0 aliphatic carbocycles. The van der Waals surface area contributed by atoms with Crippen molar-refractivity contribution in [2.75, 3.05) is 40.1 Å². The Labute approximate surface area is 139 Å². The highest BCUT2D eigenvalue weighted by molar-refractivity contribution is 6.00. The highest BCUT2D eigenvalue weighted by Gasteiger charge is 2.40. The molecule has 2 N–H and O–H groups in total. The van der Waals surface area contributed by atoms with Gasteiger partial charge in [-0.15, -0.1) is 0 Å². The van der Waals surface area contributed by atoms with E-state index in [1.54, 1.807) is 19.2 Å². The van der Waals surface area contributed by atoms with Gasteiger partial charge >= 0.3 is 5.97 Å². The molecule has 0 saturated carbocycles. The quantitative estimate of drug-likeness (QED) is 0.648. The summed E-state index contributed by atoms with van der Waals surface area (Å²) in [4.78, 5) is 15.3. The van der Waals surface area contributed by atoms with Crippen molar-refractivity contribution in [2.45, 2.75) is 12.5 Å². The molecule has 1 aromatic carbocycles. The Bertz CT molecular complexity index is 616. The van der Waals surface area contributed by atoms with Crippen molar-refractivity contribution in [3.63, 3.8) is 0 Å². The van der Waals surface area contributed by atoms with Gasteiger partial charge in [0.2, 0.25) is 5.90 Å². The fraction of sp³-hybridized carbons (Fsp3) is 0.500. The molecule has 1 atom stereocenters. The van der Waals surface area contributed by atoms with Gasteiger partial charge in [0.15, 0.2) is 5.54 Å². The van der Waals surface area contributed by atoms with Gasteiger partial charge in [0.05, 0.1) is 25.4 Å². The number of aliphatic carboxylic acids is 1. The number of nitrogens with zero attached hydrogens (tertiary/aromatic N) is 1. The number of phenols is 1. The SMILES string of the molecule is COCCOCCOc1ccc(O)c(C2=N[C@@](C)(C(=O)O)CO2)c1. The van der Waals surface area contributed by atoms with Crippen molar-refractivity contribution in [2.24, 2.45) is 4.99 Å². The largest absolute Gasteiger partial charge is 0.507 e. The predicted octanol–water partition coefficient (Wildman–Crippen LogP) is 1.05. The number of benzene rings is 1. The normalized spacial score (nSPS) is 19.7. The third kappa shape index (κ3) is 4.36. The first-order valence-corrected chi connectivity index (χ1v) is 7.45. The minimum absolute atomic E-state index is 0.0629. The third-order valence-electron chi connectivity index (χ3n) is 3.43. The Morgan fingerprint density at radius 3 is 2.75 bits per heavy atom. The van der Waals surface area contributed by atoms with E-state index in [0.29, 0.717) is 32.2 Å². The standard InChI is InChI=1S/C16H21NO7/c1-16(15(19)20)10-24-14(17-16)12-9-11(3-4-13(12)18)23-8-7-22-6-5-21-2/h3-4,9,18H,5-8,10H2,1-2H3,(H,19,20)/t16-/m1/s1. The molecular weight excluding hydrogens is 318 g/mol. The van der Waals surface area contributed by atoms with Crippen LogP contribution in [0.2, 0.25) is 0 Å². The van der Waals surface area contributed by atoms with E-state index in [0.717, 1.165) is 0 Å². The second kappa shape index (κ2) is 7.98. The number of ether oxygens (including phenoxy) is 4. The van der Waals surface area contributed by atoms with E-state index in [2.05, 4.69) is 4.99 Å². The van der Waals surface area contributed by atoms with Crippen LogP contribution in [0.5, 0.6) is 11.5 Å². The average molecular weight is 339 g/mol. The summed E-state index contributed by atoms with van der Waals surface area (Å²) in [5.41, 5.74) is -1.06. The number of carboxylic acids is 1. The van der Waals surface area contributed by atoms with E-state index in [1.807, 2.05) is 0 Å². The fourth-order valence-electron chi connectivity index (χ4n) is 1.98. The van der Waals surface area contributed by atoms with Gasteiger partial charge in [0.25, 0.3) is 0 Å². The molecule has 8 nitrogen and oxygen atoms in total. The van der Waals surface area contributed by atoms with Gasteiger partial charge in [-0.1, -0.05) is 0 Å². The van der Waals surface area contributed by atoms with Gasteiger partial charge in [0, 0.05) is 7.11 Å². The van der Waals surface area contributed by atoms with Crippen molar-refractivity contribution in [1.82, 2.24) is 0 Å². The van der Waals surface area contributed by atoms with E-state index < -0.39 is 11.5 Å². The number of carboxylic acid groups (broad SMARTS) is 1. The highest BCUT2D eigenvalue weighted by atomic mass is 16.5. The lowest BCUT2D eigenvalue weighted by Gasteiger charge is -2.10. The highest BCUT2D eigenvalue weighted by Crippen LogP contribution is 2.29. The van der Waals surface area contributed by atoms with Crippen LogP contribution in [-0.4, -0.2) is 67.8 Å². The number of hydrogen-bond donors (Lipinski definition) is 2. The molecule has 0 fully saturated rings. The fourth-order valence-corrected chi connectivity index (χ4v) is 1.98. The van der Waals surface area contributed by atoms with Crippen LogP contribution in [-0.2, 0) is 19.0 Å². The number of methoxy groups -OCH3 is 1. The Kier molecular flexibility index (Phi) is 5.99. The van der Waals surface area contributed by atoms with Crippen LogP contribution < -0.4 is 4.74 Å². The minimum atomic E-state index is -1.35. The van der Waals surface area contributed by atoms with E-state index in [-0.39, 0.29) is 23.8 Å². The summed E-state index contributed by atoms with van der Waals surface area (Å²) in [6.07, 6.45) is 0. The van der Waals surface area contributed by atoms with Crippen LogP contribution in [0.15, 0.2) is 23.2 Å². The van der Waals surface area contributed by atoms with Crippen LogP contribution >= 0.6 is 0 Å². The van der Waals surface area contributed by atoms with E-state index in [9.17, 15) is 9.90 Å². The first-order valence-electron chi connectivity index (χ1n) is 7.45. The summed E-state index contributed by atoms with van der Waals surface area (Å²) >= 11 is 0. The Balaban J connectivity index is 2.00. The molecule has 0 amide bonds. The molecular formula is C16H21NO7. The molecule has 2 rings (SSSR count). The molecule has 0 saturated heterocycles. The van der Waals surface area contributed by atoms with E-state index >= 15 is 0 Å². The second-order valence-corrected chi connectivity index (χ2v) is 5.42. The number of rotatable bonds is 9. The number of aromatic hydroxyl groups is 1. The maximum absolute atomic E-state index is 11.2. The molecule has 0 radical (unpaired) electrons. The lowest BCUT2D eigenvalue weighted by molar-refractivity contribution is -0.142. The van der Waals surface area contributed by atoms with Crippen LogP contribution in [0.3, 0.4) is 0 Å². The summed E-state index contributed by atoms with van der Waals surface area (Å²) in [5, 5.41) is 19.1. The number of carbonyl (C=O) groups is 1. The monoisotopic (exact) mass is 339 g/mol. The van der Waals surface area contributed by atoms with Crippen molar-refractivity contribution < 1.29 is 34.0 Å². The topological polar surface area (TPSA) is 107 Å². The van der Waals surface area contributed by atoms with Gasteiger partial charge < -0.3 is 29.2 Å². The molecule has 1 aliphatic rings. The number of hydrogen-bond acceptors (Lipinski definition) is 7. The van der Waals surface area contributed by atoms with Gasteiger partial charge in [0.1, 0.15) is 24.7 Å². The zero-order valence-corrected chi connectivity index (χ0v) is 13.7. The molecule has 0 bridgehead atoms. The molecule has 0 spiro atoms. The van der Waals surface area contributed by atoms with Crippen LogP contribution in [0.1, 0.15) is 12.5 Å². The number of aliphatic imine (C=N–C) groups is 1. The first kappa shape index (κ1) is 18.0. The molecule has 1 aromatic rings. The maximum atomic E-state index is 11.2. The van der Waals surface area contributed by atoms with Gasteiger partial charge in [-0.3, -0.25) is 0 Å². The number of phenolic OH excluding ortho intramolecular Hbond substituents is 1. The Morgan fingerprint density at radius 2 is 2.08 bits per heavy atom. The molecule has 0 aromatic heterocycles. The third-order valence-corrected chi connectivity index (χ3v) is 3.43. The summed E-state index contributed by atoms with van der Waals surface area (Å²) in [5.74, 6) is -0.572. The van der Waals surface area contributed by atoms with E-state index in [4.69, 9.17) is 24.1 Å². The second-order valence-electron chi connectivity index (χ2n) is 5.42. The molecule has 1 aliphatic heterocycles. The van der Waals surface area contributed by atoms with Gasteiger partial charge in [-0.25, -0.2) is 9.79 Å². The first-order chi connectivity index (χ1) is 11.5. The molecule has 132 valence electrons. The minimum Gasteiger partial charge on any atom is -0.507 e. The van der Waals surface area contributed by atoms with Crippen LogP contribution in [0.4, 0.5) is 0 Å². The van der Waals surface area contributed by atoms with Crippen molar-refractivity contribution >= 4 is 11.9 Å². The van der Waals surface area contributed by atoms with Crippen molar-refractivity contribution in [3.05, 3.63) is 23.8 Å². The van der Waals surface area contributed by atoms with Gasteiger partial charge in [-0.05, 0) is 25.1 Å². The zero-order chi connectivity index (χ0) is 17.6. The summed E-state index contributed by atoms with van der Waals surface area (Å²) in [7, 11) is 1.60. The molecule has 1 heterocycles. The molecule has 8 heteroatoms. The lowest BCUT2D eigenvalue weighted by atomic mass is 10.1.